The Bertz CT molecular complexity index is 1070. The Morgan fingerprint density at radius 3 is 2.52 bits per heavy atom. The van der Waals surface area contributed by atoms with Crippen LogP contribution in [-0.4, -0.2) is 10.8 Å². The lowest BCUT2D eigenvalue weighted by Crippen LogP contribution is -1.97. The van der Waals surface area contributed by atoms with Crippen molar-refractivity contribution in [3.63, 3.8) is 0 Å². The van der Waals surface area contributed by atoms with Crippen LogP contribution in [0, 0.1) is 13.8 Å². The van der Waals surface area contributed by atoms with Gasteiger partial charge >= 0.3 is 0 Å². The van der Waals surface area contributed by atoms with Gasteiger partial charge in [0.25, 0.3) is 0 Å². The van der Waals surface area contributed by atoms with Gasteiger partial charge in [0.05, 0.1) is 17.6 Å². The van der Waals surface area contributed by atoms with Crippen LogP contribution >= 0.6 is 0 Å². The maximum absolute atomic E-state index is 4.71. The van der Waals surface area contributed by atoms with Gasteiger partial charge in [0.1, 0.15) is 0 Å². The summed E-state index contributed by atoms with van der Waals surface area (Å²) in [6.07, 6.45) is 4.02. The predicted octanol–water partition coefficient (Wildman–Crippen LogP) is 6.00. The summed E-state index contributed by atoms with van der Waals surface area (Å²) >= 11 is 0. The van der Waals surface area contributed by atoms with Crippen molar-refractivity contribution in [1.82, 2.24) is 4.57 Å². The molecule has 0 spiro atoms. The quantitative estimate of drug-likeness (QED) is 0.411. The van der Waals surface area contributed by atoms with Crippen molar-refractivity contribution in [2.24, 2.45) is 4.99 Å². The highest BCUT2D eigenvalue weighted by atomic mass is 15.0. The molecule has 3 aromatic carbocycles. The first-order chi connectivity index (χ1) is 12.2. The molecule has 0 saturated heterocycles. The smallest absolute Gasteiger partial charge is 0.0662 e. The van der Waals surface area contributed by atoms with Crippen molar-refractivity contribution in [2.45, 2.75) is 13.8 Å². The van der Waals surface area contributed by atoms with Crippen LogP contribution in [0.1, 0.15) is 16.8 Å². The average molecular weight is 324 g/mol. The number of hydrogen-bond donors (Lipinski definition) is 0. The van der Waals surface area contributed by atoms with Crippen molar-refractivity contribution < 1.29 is 0 Å². The highest BCUT2D eigenvalue weighted by molar-refractivity contribution is 5.86. The van der Waals surface area contributed by atoms with E-state index in [1.54, 1.807) is 0 Å². The second kappa shape index (κ2) is 6.40. The minimum absolute atomic E-state index is 1.02. The molecule has 0 radical (unpaired) electrons. The zero-order valence-corrected chi connectivity index (χ0v) is 14.5. The van der Waals surface area contributed by atoms with E-state index in [2.05, 4.69) is 97.4 Å². The molecule has 1 aromatic heterocycles. The summed E-state index contributed by atoms with van der Waals surface area (Å²) < 4.78 is 2.17. The van der Waals surface area contributed by atoms with Crippen LogP contribution in [0.4, 0.5) is 5.69 Å². The zero-order valence-electron chi connectivity index (χ0n) is 14.5. The van der Waals surface area contributed by atoms with Gasteiger partial charge in [-0.3, -0.25) is 4.99 Å². The van der Waals surface area contributed by atoms with Crippen molar-refractivity contribution in [3.05, 3.63) is 95.8 Å². The van der Waals surface area contributed by atoms with Gasteiger partial charge in [-0.05, 0) is 66.1 Å². The van der Waals surface area contributed by atoms with E-state index in [-0.39, 0.29) is 0 Å². The van der Waals surface area contributed by atoms with Crippen molar-refractivity contribution in [1.29, 1.82) is 0 Å². The average Bonchev–Trinajstić information content (AvgIpc) is 3.10. The molecule has 0 fully saturated rings. The molecule has 0 amide bonds. The number of nitrogens with zero attached hydrogens (tertiary/aromatic N) is 2. The number of fused-ring (bicyclic) bond motifs is 1. The first-order valence-electron chi connectivity index (χ1n) is 8.48. The topological polar surface area (TPSA) is 17.3 Å². The fourth-order valence-electron chi connectivity index (χ4n) is 3.06. The fraction of sp³-hybridized carbons (Fsp3) is 0.0870. The zero-order chi connectivity index (χ0) is 17.2. The van der Waals surface area contributed by atoms with Gasteiger partial charge in [-0.15, -0.1) is 0 Å². The summed E-state index contributed by atoms with van der Waals surface area (Å²) in [6.45, 7) is 4.19. The Hall–Kier alpha value is -3.13. The summed E-state index contributed by atoms with van der Waals surface area (Å²) in [7, 11) is 0. The molecular weight excluding hydrogens is 304 g/mol. The molecule has 0 saturated carbocycles. The molecule has 0 unspecified atom stereocenters. The number of rotatable bonds is 3. The van der Waals surface area contributed by atoms with Crippen molar-refractivity contribution in [2.75, 3.05) is 0 Å². The van der Waals surface area contributed by atoms with Crippen LogP contribution in [0.5, 0.6) is 0 Å². The molecule has 2 heteroatoms. The maximum Gasteiger partial charge on any atom is 0.0662 e. The van der Waals surface area contributed by atoms with Crippen LogP contribution in [0.2, 0.25) is 0 Å². The Labute approximate surface area is 148 Å². The van der Waals surface area contributed by atoms with Crippen molar-refractivity contribution >= 4 is 22.7 Å². The monoisotopic (exact) mass is 324 g/mol. The molecule has 0 N–H and O–H groups in total. The van der Waals surface area contributed by atoms with Crippen molar-refractivity contribution in [3.8, 4) is 5.69 Å². The maximum atomic E-state index is 4.71. The Kier molecular flexibility index (Phi) is 3.95. The van der Waals surface area contributed by atoms with Gasteiger partial charge in [0.15, 0.2) is 0 Å². The SMILES string of the molecule is Cc1ccc(C)c(N=Cc2cccn2-c2ccc3ccccc3c2)c1. The number of aromatic nitrogens is 1. The predicted molar refractivity (Wildman–Crippen MR) is 106 cm³/mol. The van der Waals surface area contributed by atoms with Gasteiger partial charge in [0.2, 0.25) is 0 Å². The lowest BCUT2D eigenvalue weighted by molar-refractivity contribution is 1.07. The number of benzene rings is 3. The molecule has 25 heavy (non-hydrogen) atoms. The molecule has 1 heterocycles. The van der Waals surface area contributed by atoms with E-state index < -0.39 is 0 Å². The lowest BCUT2D eigenvalue weighted by atomic mass is 10.1. The molecule has 0 aliphatic rings. The number of aryl methyl sites for hydroxylation is 2. The number of aliphatic imine (C=N–C) groups is 1. The number of hydrogen-bond acceptors (Lipinski definition) is 1. The molecule has 4 rings (SSSR count). The van der Waals surface area contributed by atoms with Crippen LogP contribution in [0.3, 0.4) is 0 Å². The lowest BCUT2D eigenvalue weighted by Gasteiger charge is -2.08. The summed E-state index contributed by atoms with van der Waals surface area (Å²) in [5, 5.41) is 2.50. The molecule has 122 valence electrons. The highest BCUT2D eigenvalue weighted by Gasteiger charge is 2.03. The summed E-state index contributed by atoms with van der Waals surface area (Å²) in [4.78, 5) is 4.71. The van der Waals surface area contributed by atoms with E-state index >= 15 is 0 Å². The van der Waals surface area contributed by atoms with E-state index in [0.29, 0.717) is 0 Å². The second-order valence-corrected chi connectivity index (χ2v) is 6.38. The van der Waals surface area contributed by atoms with Gasteiger partial charge in [0, 0.05) is 11.9 Å². The highest BCUT2D eigenvalue weighted by Crippen LogP contribution is 2.22. The molecular formula is C23H20N2. The third kappa shape index (κ3) is 3.11. The Morgan fingerprint density at radius 2 is 1.64 bits per heavy atom. The van der Waals surface area contributed by atoms with Gasteiger partial charge in [-0.1, -0.05) is 42.5 Å². The largest absolute Gasteiger partial charge is 0.316 e. The van der Waals surface area contributed by atoms with E-state index in [9.17, 15) is 0 Å². The third-order valence-corrected chi connectivity index (χ3v) is 4.49. The Balaban J connectivity index is 1.72. The molecule has 0 atom stereocenters. The fourth-order valence-corrected chi connectivity index (χ4v) is 3.06. The minimum Gasteiger partial charge on any atom is -0.316 e. The van der Waals surface area contributed by atoms with Gasteiger partial charge in [-0.25, -0.2) is 0 Å². The molecule has 4 aromatic rings. The molecule has 0 aliphatic carbocycles. The molecule has 0 aliphatic heterocycles. The summed E-state index contributed by atoms with van der Waals surface area (Å²) in [5.41, 5.74) is 5.64. The van der Waals surface area contributed by atoms with Gasteiger partial charge in [-0.2, -0.15) is 0 Å². The van der Waals surface area contributed by atoms with Crippen LogP contribution < -0.4 is 0 Å². The summed E-state index contributed by atoms with van der Waals surface area (Å²) in [5.74, 6) is 0. The first-order valence-corrected chi connectivity index (χ1v) is 8.48. The van der Waals surface area contributed by atoms with E-state index in [1.165, 1.54) is 21.9 Å². The molecule has 2 nitrogen and oxygen atoms in total. The van der Waals surface area contributed by atoms with Crippen LogP contribution in [0.15, 0.2) is 84.0 Å². The standard InChI is InChI=1S/C23H20N2/c1-17-9-10-18(2)23(14-17)24-16-22-8-5-13-25(22)21-12-11-19-6-3-4-7-20(19)15-21/h3-16H,1-2H3. The first kappa shape index (κ1) is 15.4. The molecule has 0 bridgehead atoms. The van der Waals surface area contributed by atoms with E-state index in [0.717, 1.165) is 17.1 Å². The normalized spacial score (nSPS) is 11.4. The van der Waals surface area contributed by atoms with E-state index in [4.69, 9.17) is 4.99 Å². The van der Waals surface area contributed by atoms with E-state index in [1.807, 2.05) is 6.21 Å². The second-order valence-electron chi connectivity index (χ2n) is 6.38. The van der Waals surface area contributed by atoms with Gasteiger partial charge < -0.3 is 4.57 Å². The van der Waals surface area contributed by atoms with Crippen LogP contribution in [0.25, 0.3) is 16.5 Å². The minimum atomic E-state index is 1.02. The third-order valence-electron chi connectivity index (χ3n) is 4.49. The summed E-state index contributed by atoms with van der Waals surface area (Å²) in [6, 6.07) is 25.4. The van der Waals surface area contributed by atoms with Crippen LogP contribution in [-0.2, 0) is 0 Å². The Morgan fingerprint density at radius 1 is 0.800 bits per heavy atom.